The first kappa shape index (κ1) is 14.6. The summed E-state index contributed by atoms with van der Waals surface area (Å²) < 4.78 is 0.897. The van der Waals surface area contributed by atoms with Crippen molar-refractivity contribution in [3.63, 3.8) is 0 Å². The molecular weight excluding hydrogens is 316 g/mol. The topological polar surface area (TPSA) is 55.1 Å². The predicted molar refractivity (Wildman–Crippen MR) is 85.6 cm³/mol. The molecule has 2 aromatic carbocycles. The van der Waals surface area contributed by atoms with Gasteiger partial charge in [-0.3, -0.25) is 4.79 Å². The summed E-state index contributed by atoms with van der Waals surface area (Å²) in [7, 11) is 0. The zero-order chi connectivity index (χ0) is 14.7. The molecule has 0 fully saturated rings. The van der Waals surface area contributed by atoms with Crippen molar-refractivity contribution in [2.24, 2.45) is 0 Å². The van der Waals surface area contributed by atoms with E-state index in [9.17, 15) is 4.79 Å². The molecule has 0 atom stereocenters. The van der Waals surface area contributed by atoms with Gasteiger partial charge in [0.15, 0.2) is 0 Å². The van der Waals surface area contributed by atoms with Gasteiger partial charge in [0.05, 0.1) is 0 Å². The molecule has 0 aliphatic heterocycles. The average molecular weight is 333 g/mol. The van der Waals surface area contributed by atoms with E-state index in [0.29, 0.717) is 12.1 Å². The molecule has 1 amide bonds. The third-order valence-corrected chi connectivity index (χ3v) is 3.86. The van der Waals surface area contributed by atoms with Crippen molar-refractivity contribution in [2.45, 2.75) is 20.4 Å². The molecule has 20 heavy (non-hydrogen) atoms. The van der Waals surface area contributed by atoms with Crippen molar-refractivity contribution in [3.05, 3.63) is 63.1 Å². The third kappa shape index (κ3) is 3.20. The molecule has 0 spiro atoms. The number of rotatable bonds is 3. The second-order valence-corrected chi connectivity index (χ2v) is 5.69. The molecule has 0 unspecified atom stereocenters. The van der Waals surface area contributed by atoms with Gasteiger partial charge in [0.2, 0.25) is 0 Å². The second-order valence-electron chi connectivity index (χ2n) is 4.77. The van der Waals surface area contributed by atoms with Gasteiger partial charge in [-0.2, -0.15) is 0 Å². The molecule has 3 N–H and O–H groups in total. The van der Waals surface area contributed by atoms with E-state index >= 15 is 0 Å². The number of benzene rings is 2. The van der Waals surface area contributed by atoms with Crippen LogP contribution in [0.5, 0.6) is 0 Å². The Hall–Kier alpha value is -1.81. The summed E-state index contributed by atoms with van der Waals surface area (Å²) in [5.41, 5.74) is 10.3. The fourth-order valence-corrected chi connectivity index (χ4v) is 2.37. The summed E-state index contributed by atoms with van der Waals surface area (Å²) in [5.74, 6) is -0.0781. The maximum Gasteiger partial charge on any atom is 0.251 e. The van der Waals surface area contributed by atoms with Gasteiger partial charge < -0.3 is 11.1 Å². The molecule has 0 aliphatic rings. The van der Waals surface area contributed by atoms with E-state index in [0.717, 1.165) is 26.9 Å². The first-order valence-corrected chi connectivity index (χ1v) is 7.16. The quantitative estimate of drug-likeness (QED) is 0.844. The normalized spacial score (nSPS) is 10.3. The number of nitrogens with two attached hydrogens (primary N) is 1. The summed E-state index contributed by atoms with van der Waals surface area (Å²) in [6.45, 7) is 4.36. The fraction of sp³-hybridized carbons (Fsp3) is 0.188. The van der Waals surface area contributed by atoms with Crippen LogP contribution in [0.15, 0.2) is 40.9 Å². The van der Waals surface area contributed by atoms with Crippen molar-refractivity contribution >= 4 is 27.5 Å². The van der Waals surface area contributed by atoms with Crippen LogP contribution < -0.4 is 11.1 Å². The van der Waals surface area contributed by atoms with Crippen molar-refractivity contribution in [1.29, 1.82) is 0 Å². The molecule has 0 saturated heterocycles. The molecule has 3 nitrogen and oxygen atoms in total. The number of anilines is 1. The Morgan fingerprint density at radius 3 is 2.75 bits per heavy atom. The van der Waals surface area contributed by atoms with E-state index in [2.05, 4.69) is 21.2 Å². The summed E-state index contributed by atoms with van der Waals surface area (Å²) in [6, 6.07) is 11.4. The van der Waals surface area contributed by atoms with Crippen LogP contribution in [0, 0.1) is 13.8 Å². The van der Waals surface area contributed by atoms with Gasteiger partial charge in [-0.1, -0.05) is 34.1 Å². The second kappa shape index (κ2) is 6.09. The first-order chi connectivity index (χ1) is 9.49. The third-order valence-electron chi connectivity index (χ3n) is 3.37. The van der Waals surface area contributed by atoms with Crippen LogP contribution in [0.1, 0.15) is 27.0 Å². The highest BCUT2D eigenvalue weighted by Crippen LogP contribution is 2.17. The lowest BCUT2D eigenvalue weighted by Crippen LogP contribution is -2.24. The average Bonchev–Trinajstić information content (AvgIpc) is 2.43. The molecule has 0 saturated carbocycles. The SMILES string of the molecule is Cc1ccc(Br)cc1C(=O)NCc1cccc(N)c1C. The van der Waals surface area contributed by atoms with Gasteiger partial charge >= 0.3 is 0 Å². The van der Waals surface area contributed by atoms with Crippen LogP contribution in [-0.2, 0) is 6.54 Å². The number of carbonyl (C=O) groups is 1. The molecule has 2 aromatic rings. The van der Waals surface area contributed by atoms with Crippen LogP contribution in [-0.4, -0.2) is 5.91 Å². The van der Waals surface area contributed by atoms with Gasteiger partial charge in [0, 0.05) is 22.3 Å². The van der Waals surface area contributed by atoms with Crippen molar-refractivity contribution in [3.8, 4) is 0 Å². The highest BCUT2D eigenvalue weighted by atomic mass is 79.9. The van der Waals surface area contributed by atoms with Gasteiger partial charge in [-0.05, 0) is 48.7 Å². The molecule has 0 aromatic heterocycles. The zero-order valence-electron chi connectivity index (χ0n) is 11.5. The molecule has 0 aliphatic carbocycles. The van der Waals surface area contributed by atoms with Gasteiger partial charge in [-0.15, -0.1) is 0 Å². The maximum atomic E-state index is 12.2. The lowest BCUT2D eigenvalue weighted by atomic mass is 10.1. The number of amides is 1. The lowest BCUT2D eigenvalue weighted by molar-refractivity contribution is 0.0950. The molecule has 0 radical (unpaired) electrons. The molecule has 0 bridgehead atoms. The number of carbonyl (C=O) groups excluding carboxylic acids is 1. The lowest BCUT2D eigenvalue weighted by Gasteiger charge is -2.11. The van der Waals surface area contributed by atoms with Crippen molar-refractivity contribution in [1.82, 2.24) is 5.32 Å². The summed E-state index contributed by atoms with van der Waals surface area (Å²) in [4.78, 5) is 12.2. The minimum atomic E-state index is -0.0781. The Labute approximate surface area is 127 Å². The molecular formula is C16H17BrN2O. The summed E-state index contributed by atoms with van der Waals surface area (Å²) >= 11 is 3.39. The highest BCUT2D eigenvalue weighted by molar-refractivity contribution is 9.10. The monoisotopic (exact) mass is 332 g/mol. The standard InChI is InChI=1S/C16H17BrN2O/c1-10-6-7-13(17)8-14(10)16(20)19-9-12-4-3-5-15(18)11(12)2/h3-8H,9,18H2,1-2H3,(H,19,20). The van der Waals surface area contributed by atoms with Gasteiger partial charge in [0.1, 0.15) is 0 Å². The van der Waals surface area contributed by atoms with E-state index in [1.807, 2.05) is 50.2 Å². The van der Waals surface area contributed by atoms with E-state index in [4.69, 9.17) is 5.73 Å². The van der Waals surface area contributed by atoms with Crippen LogP contribution in [0.2, 0.25) is 0 Å². The Morgan fingerprint density at radius 1 is 1.25 bits per heavy atom. The molecule has 2 rings (SSSR count). The van der Waals surface area contributed by atoms with Crippen LogP contribution >= 0.6 is 15.9 Å². The predicted octanol–water partition coefficient (Wildman–Crippen LogP) is 3.58. The smallest absolute Gasteiger partial charge is 0.251 e. The number of halogens is 1. The minimum absolute atomic E-state index is 0.0781. The summed E-state index contributed by atoms with van der Waals surface area (Å²) in [5, 5.41) is 2.94. The van der Waals surface area contributed by atoms with Crippen LogP contribution in [0.25, 0.3) is 0 Å². The number of nitrogens with one attached hydrogen (secondary N) is 1. The van der Waals surface area contributed by atoms with Crippen molar-refractivity contribution < 1.29 is 4.79 Å². The van der Waals surface area contributed by atoms with Gasteiger partial charge in [-0.25, -0.2) is 0 Å². The van der Waals surface area contributed by atoms with Crippen LogP contribution in [0.3, 0.4) is 0 Å². The molecule has 0 heterocycles. The summed E-state index contributed by atoms with van der Waals surface area (Å²) in [6.07, 6.45) is 0. The highest BCUT2D eigenvalue weighted by Gasteiger charge is 2.10. The minimum Gasteiger partial charge on any atom is -0.399 e. The van der Waals surface area contributed by atoms with Crippen LogP contribution in [0.4, 0.5) is 5.69 Å². The maximum absolute atomic E-state index is 12.2. The first-order valence-electron chi connectivity index (χ1n) is 6.37. The largest absolute Gasteiger partial charge is 0.399 e. The Balaban J connectivity index is 2.13. The van der Waals surface area contributed by atoms with Crippen molar-refractivity contribution in [2.75, 3.05) is 5.73 Å². The number of nitrogen functional groups attached to an aromatic ring is 1. The van der Waals surface area contributed by atoms with E-state index in [-0.39, 0.29) is 5.91 Å². The number of hydrogen-bond donors (Lipinski definition) is 2. The van der Waals surface area contributed by atoms with E-state index in [1.165, 1.54) is 0 Å². The molecule has 4 heteroatoms. The Bertz CT molecular complexity index is 653. The Kier molecular flexibility index (Phi) is 4.45. The van der Waals surface area contributed by atoms with E-state index < -0.39 is 0 Å². The molecule has 104 valence electrons. The number of aryl methyl sites for hydroxylation is 1. The zero-order valence-corrected chi connectivity index (χ0v) is 13.1. The fourth-order valence-electron chi connectivity index (χ4n) is 2.00. The number of hydrogen-bond acceptors (Lipinski definition) is 2. The van der Waals surface area contributed by atoms with E-state index in [1.54, 1.807) is 0 Å². The van der Waals surface area contributed by atoms with Gasteiger partial charge in [0.25, 0.3) is 5.91 Å². The Morgan fingerprint density at radius 2 is 2.00 bits per heavy atom.